The summed E-state index contributed by atoms with van der Waals surface area (Å²) in [5, 5.41) is 3.20. The molecule has 128 valence electrons. The van der Waals surface area contributed by atoms with Crippen LogP contribution in [0.1, 0.15) is 64.7 Å². The minimum atomic E-state index is -0.131. The van der Waals surface area contributed by atoms with Crippen LogP contribution in [0.25, 0.3) is 0 Å². The van der Waals surface area contributed by atoms with Crippen LogP contribution in [0.2, 0.25) is 0 Å². The van der Waals surface area contributed by atoms with Crippen molar-refractivity contribution in [3.8, 4) is 0 Å². The Morgan fingerprint density at radius 2 is 2.29 bits per heavy atom. The van der Waals surface area contributed by atoms with E-state index < -0.39 is 0 Å². The summed E-state index contributed by atoms with van der Waals surface area (Å²) in [6.45, 7) is 4.18. The zero-order chi connectivity index (χ0) is 16.5. The molecule has 0 aliphatic carbocycles. The lowest BCUT2D eigenvalue weighted by atomic mass is 9.98. The second-order valence-corrected chi connectivity index (χ2v) is 7.37. The first kappa shape index (κ1) is 15.8. The first-order valence-corrected chi connectivity index (χ1v) is 9.36. The molecule has 0 spiro atoms. The standard InChI is InChI=1S/C17H21N3O3S/c1-11-9-24-16(19-11)12-4-2-6-20(8-12)17(21)14-15(23-10-18-14)13-5-3-7-22-13/h9-10,12-13H,2-8H2,1H3/t12-,13+/m0/s1. The van der Waals surface area contributed by atoms with Crippen molar-refractivity contribution in [2.75, 3.05) is 19.7 Å². The van der Waals surface area contributed by atoms with Crippen molar-refractivity contribution in [1.82, 2.24) is 14.9 Å². The highest BCUT2D eigenvalue weighted by molar-refractivity contribution is 7.09. The number of oxazole rings is 1. The number of carbonyl (C=O) groups excluding carboxylic acids is 1. The number of thiazole rings is 1. The molecular weight excluding hydrogens is 326 g/mol. The minimum Gasteiger partial charge on any atom is -0.445 e. The normalized spacial score (nSPS) is 24.5. The van der Waals surface area contributed by atoms with E-state index in [1.807, 2.05) is 11.8 Å². The zero-order valence-corrected chi connectivity index (χ0v) is 14.6. The molecule has 0 aromatic carbocycles. The van der Waals surface area contributed by atoms with Crippen molar-refractivity contribution in [1.29, 1.82) is 0 Å². The summed E-state index contributed by atoms with van der Waals surface area (Å²) < 4.78 is 11.1. The van der Waals surface area contributed by atoms with E-state index in [9.17, 15) is 4.79 Å². The van der Waals surface area contributed by atoms with Crippen LogP contribution in [-0.2, 0) is 4.74 Å². The Bertz CT molecular complexity index is 720. The van der Waals surface area contributed by atoms with E-state index in [-0.39, 0.29) is 12.0 Å². The van der Waals surface area contributed by atoms with Gasteiger partial charge in [-0.2, -0.15) is 0 Å². The highest BCUT2D eigenvalue weighted by Gasteiger charge is 2.33. The molecule has 2 aromatic heterocycles. The van der Waals surface area contributed by atoms with E-state index in [0.29, 0.717) is 30.5 Å². The Kier molecular flexibility index (Phi) is 4.37. The topological polar surface area (TPSA) is 68.5 Å². The van der Waals surface area contributed by atoms with Gasteiger partial charge in [-0.3, -0.25) is 4.79 Å². The van der Waals surface area contributed by atoms with Gasteiger partial charge in [-0.1, -0.05) is 0 Å². The second-order valence-electron chi connectivity index (χ2n) is 6.48. The Balaban J connectivity index is 1.51. The minimum absolute atomic E-state index is 0.0489. The molecule has 2 aliphatic rings. The summed E-state index contributed by atoms with van der Waals surface area (Å²) in [5.74, 6) is 0.858. The molecule has 0 unspecified atom stereocenters. The van der Waals surface area contributed by atoms with Gasteiger partial charge < -0.3 is 14.1 Å². The molecule has 1 amide bonds. The van der Waals surface area contributed by atoms with Crippen LogP contribution in [-0.4, -0.2) is 40.5 Å². The monoisotopic (exact) mass is 347 g/mol. The van der Waals surface area contributed by atoms with Gasteiger partial charge >= 0.3 is 0 Å². The first-order valence-electron chi connectivity index (χ1n) is 8.48. The Hall–Kier alpha value is -1.73. The van der Waals surface area contributed by atoms with E-state index in [4.69, 9.17) is 9.15 Å². The number of ether oxygens (including phenoxy) is 1. The predicted molar refractivity (Wildman–Crippen MR) is 89.2 cm³/mol. The van der Waals surface area contributed by atoms with E-state index >= 15 is 0 Å². The maximum atomic E-state index is 13.0. The average Bonchev–Trinajstić information content (AvgIpc) is 3.34. The lowest BCUT2D eigenvalue weighted by Crippen LogP contribution is -2.39. The summed E-state index contributed by atoms with van der Waals surface area (Å²) in [5.41, 5.74) is 1.47. The number of rotatable bonds is 3. The summed E-state index contributed by atoms with van der Waals surface area (Å²) in [4.78, 5) is 23.6. The van der Waals surface area contributed by atoms with E-state index in [0.717, 1.165) is 42.9 Å². The molecule has 4 rings (SSSR count). The third-order valence-electron chi connectivity index (χ3n) is 4.71. The van der Waals surface area contributed by atoms with E-state index in [2.05, 4.69) is 15.3 Å². The average molecular weight is 347 g/mol. The number of amides is 1. The number of likely N-dealkylation sites (tertiary alicyclic amines) is 1. The van der Waals surface area contributed by atoms with Crippen LogP contribution in [0.5, 0.6) is 0 Å². The van der Waals surface area contributed by atoms with Crippen molar-refractivity contribution in [3.05, 3.63) is 33.9 Å². The molecule has 2 atom stereocenters. The molecule has 2 aliphatic heterocycles. The van der Waals surface area contributed by atoms with Gasteiger partial charge in [0.15, 0.2) is 17.8 Å². The van der Waals surface area contributed by atoms with Gasteiger partial charge in [0.2, 0.25) is 0 Å². The van der Waals surface area contributed by atoms with Crippen LogP contribution in [0.4, 0.5) is 0 Å². The maximum Gasteiger partial charge on any atom is 0.276 e. The molecule has 7 heteroatoms. The first-order chi connectivity index (χ1) is 11.7. The third kappa shape index (κ3) is 2.98. The number of aromatic nitrogens is 2. The fourth-order valence-electron chi connectivity index (χ4n) is 3.50. The SMILES string of the molecule is Cc1csc([C@H]2CCCN(C(=O)c3ncoc3[C@H]3CCCO3)C2)n1. The van der Waals surface area contributed by atoms with Gasteiger partial charge in [0.05, 0.1) is 5.01 Å². The van der Waals surface area contributed by atoms with Crippen LogP contribution in [0, 0.1) is 6.92 Å². The van der Waals surface area contributed by atoms with Gasteiger partial charge in [0, 0.05) is 36.7 Å². The number of nitrogens with zero attached hydrogens (tertiary/aromatic N) is 3. The van der Waals surface area contributed by atoms with Crippen LogP contribution < -0.4 is 0 Å². The molecule has 4 heterocycles. The summed E-state index contributed by atoms with van der Waals surface area (Å²) in [6, 6.07) is 0. The maximum absolute atomic E-state index is 13.0. The van der Waals surface area contributed by atoms with Crippen LogP contribution in [0.3, 0.4) is 0 Å². The van der Waals surface area contributed by atoms with Gasteiger partial charge in [-0.15, -0.1) is 11.3 Å². The molecule has 2 aromatic rings. The van der Waals surface area contributed by atoms with Gasteiger partial charge in [-0.25, -0.2) is 9.97 Å². The molecule has 0 saturated carbocycles. The zero-order valence-electron chi connectivity index (χ0n) is 13.7. The lowest BCUT2D eigenvalue weighted by molar-refractivity contribution is 0.0671. The third-order valence-corrected chi connectivity index (χ3v) is 5.84. The molecule has 2 saturated heterocycles. The highest BCUT2D eigenvalue weighted by atomic mass is 32.1. The molecule has 0 radical (unpaired) electrons. The van der Waals surface area contributed by atoms with Crippen LogP contribution >= 0.6 is 11.3 Å². The van der Waals surface area contributed by atoms with Crippen molar-refractivity contribution in [2.24, 2.45) is 0 Å². The van der Waals surface area contributed by atoms with Crippen molar-refractivity contribution in [3.63, 3.8) is 0 Å². The van der Waals surface area contributed by atoms with Crippen molar-refractivity contribution >= 4 is 17.2 Å². The fraction of sp³-hybridized carbons (Fsp3) is 0.588. The second kappa shape index (κ2) is 6.64. The number of hydrogen-bond acceptors (Lipinski definition) is 6. The van der Waals surface area contributed by atoms with Crippen LogP contribution in [0.15, 0.2) is 16.2 Å². The van der Waals surface area contributed by atoms with Gasteiger partial charge in [-0.05, 0) is 32.6 Å². The number of piperidine rings is 1. The molecule has 2 fully saturated rings. The molecule has 6 nitrogen and oxygen atoms in total. The number of hydrogen-bond donors (Lipinski definition) is 0. The fourth-order valence-corrected chi connectivity index (χ4v) is 4.43. The van der Waals surface area contributed by atoms with E-state index in [1.54, 1.807) is 11.3 Å². The molecule has 0 N–H and O–H groups in total. The predicted octanol–water partition coefficient (Wildman–Crippen LogP) is 3.31. The summed E-state index contributed by atoms with van der Waals surface area (Å²) in [7, 11) is 0. The van der Waals surface area contributed by atoms with Gasteiger partial charge in [0.25, 0.3) is 5.91 Å². The summed E-state index contributed by atoms with van der Waals surface area (Å²) >= 11 is 1.69. The highest BCUT2D eigenvalue weighted by Crippen LogP contribution is 2.33. The summed E-state index contributed by atoms with van der Waals surface area (Å²) in [6.07, 6.45) is 5.17. The smallest absolute Gasteiger partial charge is 0.276 e. The molecular formula is C17H21N3O3S. The van der Waals surface area contributed by atoms with E-state index in [1.165, 1.54) is 6.39 Å². The van der Waals surface area contributed by atoms with Crippen molar-refractivity contribution < 1.29 is 13.9 Å². The molecule has 0 bridgehead atoms. The molecule has 24 heavy (non-hydrogen) atoms. The quantitative estimate of drug-likeness (QED) is 0.852. The Morgan fingerprint density at radius 3 is 3.04 bits per heavy atom. The Labute approximate surface area is 144 Å². The largest absolute Gasteiger partial charge is 0.445 e. The van der Waals surface area contributed by atoms with Crippen molar-refractivity contribution in [2.45, 2.75) is 44.6 Å². The Morgan fingerprint density at radius 1 is 1.38 bits per heavy atom. The number of carbonyl (C=O) groups is 1. The number of aryl methyl sites for hydroxylation is 1. The van der Waals surface area contributed by atoms with Gasteiger partial charge in [0.1, 0.15) is 6.10 Å². The lowest BCUT2D eigenvalue weighted by Gasteiger charge is -2.31.